The van der Waals surface area contributed by atoms with Gasteiger partial charge >= 0.3 is 12.0 Å². The summed E-state index contributed by atoms with van der Waals surface area (Å²) in [5, 5.41) is 5.35. The summed E-state index contributed by atoms with van der Waals surface area (Å²) >= 11 is 3.39. The first-order valence-corrected chi connectivity index (χ1v) is 7.03. The standard InChI is InChI=1S/C14H15BrN2O3/c1-3-20-13(18)11-8(2)16-14(19)17-12(11)9-5-4-6-10(15)7-9/h4-7,12H,3H2,1-2H3,(H2,16,17,19). The van der Waals surface area contributed by atoms with E-state index in [1.54, 1.807) is 13.8 Å². The first-order chi connectivity index (χ1) is 9.52. The highest BCUT2D eigenvalue weighted by Crippen LogP contribution is 2.29. The molecule has 2 N–H and O–H groups in total. The van der Waals surface area contributed by atoms with Crippen LogP contribution >= 0.6 is 15.9 Å². The van der Waals surface area contributed by atoms with E-state index >= 15 is 0 Å². The van der Waals surface area contributed by atoms with E-state index in [0.29, 0.717) is 11.3 Å². The normalized spacial score (nSPS) is 18.4. The number of urea groups is 1. The fraction of sp³-hybridized carbons (Fsp3) is 0.286. The van der Waals surface area contributed by atoms with Crippen LogP contribution in [0.5, 0.6) is 0 Å². The third kappa shape index (κ3) is 3.01. The van der Waals surface area contributed by atoms with Gasteiger partial charge in [0.2, 0.25) is 0 Å². The molecule has 1 aromatic carbocycles. The third-order valence-electron chi connectivity index (χ3n) is 2.95. The van der Waals surface area contributed by atoms with Gasteiger partial charge in [0.05, 0.1) is 18.2 Å². The Labute approximate surface area is 125 Å². The summed E-state index contributed by atoms with van der Waals surface area (Å²) in [5.41, 5.74) is 1.75. The number of hydrogen-bond donors (Lipinski definition) is 2. The van der Waals surface area contributed by atoms with Crippen LogP contribution in [0.1, 0.15) is 25.5 Å². The number of halogens is 1. The average Bonchev–Trinajstić information content (AvgIpc) is 2.37. The molecule has 2 amide bonds. The Morgan fingerprint density at radius 3 is 2.85 bits per heavy atom. The smallest absolute Gasteiger partial charge is 0.338 e. The minimum absolute atomic E-state index is 0.286. The predicted octanol–water partition coefficient (Wildman–Crippen LogP) is 2.64. The molecular formula is C14H15BrN2O3. The number of hydrogen-bond acceptors (Lipinski definition) is 3. The van der Waals surface area contributed by atoms with Crippen LogP contribution in [0.15, 0.2) is 40.0 Å². The van der Waals surface area contributed by atoms with Gasteiger partial charge in [-0.25, -0.2) is 9.59 Å². The van der Waals surface area contributed by atoms with E-state index in [-0.39, 0.29) is 12.6 Å². The highest BCUT2D eigenvalue weighted by molar-refractivity contribution is 9.10. The molecule has 0 fully saturated rings. The van der Waals surface area contributed by atoms with E-state index in [9.17, 15) is 9.59 Å². The molecule has 0 bridgehead atoms. The molecule has 0 saturated heterocycles. The van der Waals surface area contributed by atoms with Gasteiger partial charge in [0.25, 0.3) is 0 Å². The number of allylic oxidation sites excluding steroid dienone is 1. The van der Waals surface area contributed by atoms with Crippen LogP contribution in [0.3, 0.4) is 0 Å². The maximum atomic E-state index is 12.1. The number of amides is 2. The summed E-state index contributed by atoms with van der Waals surface area (Å²) in [7, 11) is 0. The van der Waals surface area contributed by atoms with Crippen molar-refractivity contribution in [1.82, 2.24) is 10.6 Å². The first kappa shape index (κ1) is 14.6. The van der Waals surface area contributed by atoms with Crippen molar-refractivity contribution in [2.24, 2.45) is 0 Å². The largest absolute Gasteiger partial charge is 0.463 e. The van der Waals surface area contributed by atoms with E-state index in [0.717, 1.165) is 10.0 Å². The Kier molecular flexibility index (Phi) is 4.44. The van der Waals surface area contributed by atoms with Gasteiger partial charge in [0, 0.05) is 10.2 Å². The highest BCUT2D eigenvalue weighted by atomic mass is 79.9. The average molecular weight is 339 g/mol. The minimum atomic E-state index is -0.514. The molecule has 0 aromatic heterocycles. The van der Waals surface area contributed by atoms with Gasteiger partial charge in [-0.3, -0.25) is 0 Å². The topological polar surface area (TPSA) is 67.4 Å². The van der Waals surface area contributed by atoms with Crippen molar-refractivity contribution < 1.29 is 14.3 Å². The van der Waals surface area contributed by atoms with Gasteiger partial charge < -0.3 is 15.4 Å². The third-order valence-corrected chi connectivity index (χ3v) is 3.44. The molecule has 1 aromatic rings. The van der Waals surface area contributed by atoms with E-state index in [4.69, 9.17) is 4.74 Å². The van der Waals surface area contributed by atoms with E-state index in [1.165, 1.54) is 0 Å². The molecule has 0 saturated carbocycles. The molecule has 6 heteroatoms. The zero-order valence-electron chi connectivity index (χ0n) is 11.2. The predicted molar refractivity (Wildman–Crippen MR) is 77.9 cm³/mol. The Morgan fingerprint density at radius 1 is 1.45 bits per heavy atom. The molecule has 1 aliphatic rings. The Morgan fingerprint density at radius 2 is 2.20 bits per heavy atom. The van der Waals surface area contributed by atoms with Crippen LogP contribution in [0.2, 0.25) is 0 Å². The molecule has 0 radical (unpaired) electrons. The van der Waals surface area contributed by atoms with Crippen LogP contribution in [-0.4, -0.2) is 18.6 Å². The number of carbonyl (C=O) groups is 2. The van der Waals surface area contributed by atoms with E-state index in [1.807, 2.05) is 24.3 Å². The summed E-state index contributed by atoms with van der Waals surface area (Å²) in [6.45, 7) is 3.72. The van der Waals surface area contributed by atoms with Crippen molar-refractivity contribution in [3.05, 3.63) is 45.6 Å². The monoisotopic (exact) mass is 338 g/mol. The fourth-order valence-electron chi connectivity index (χ4n) is 2.11. The maximum Gasteiger partial charge on any atom is 0.338 e. The molecule has 0 spiro atoms. The lowest BCUT2D eigenvalue weighted by Gasteiger charge is -2.28. The molecule has 20 heavy (non-hydrogen) atoms. The Hall–Kier alpha value is -1.82. The molecule has 1 unspecified atom stereocenters. The van der Waals surface area contributed by atoms with Gasteiger partial charge in [-0.15, -0.1) is 0 Å². The SMILES string of the molecule is CCOC(=O)C1=C(C)NC(=O)NC1c1cccc(Br)c1. The molecule has 5 nitrogen and oxygen atoms in total. The Bertz CT molecular complexity index is 584. The molecule has 1 aliphatic heterocycles. The summed E-state index contributed by atoms with van der Waals surface area (Å²) in [6, 6.07) is 6.61. The number of carbonyl (C=O) groups excluding carboxylic acids is 2. The highest BCUT2D eigenvalue weighted by Gasteiger charge is 2.31. The maximum absolute atomic E-state index is 12.1. The number of rotatable bonds is 3. The summed E-state index contributed by atoms with van der Waals surface area (Å²) in [5.74, 6) is -0.428. The van der Waals surface area contributed by atoms with Crippen molar-refractivity contribution in [2.75, 3.05) is 6.61 Å². The lowest BCUT2D eigenvalue weighted by Crippen LogP contribution is -2.45. The molecule has 106 valence electrons. The molecule has 1 heterocycles. The molecular weight excluding hydrogens is 324 g/mol. The number of nitrogens with one attached hydrogen (secondary N) is 2. The summed E-state index contributed by atoms with van der Waals surface area (Å²) < 4.78 is 5.95. The zero-order chi connectivity index (χ0) is 14.7. The summed E-state index contributed by atoms with van der Waals surface area (Å²) in [6.07, 6.45) is 0. The van der Waals surface area contributed by atoms with Crippen molar-refractivity contribution >= 4 is 27.9 Å². The van der Waals surface area contributed by atoms with E-state index < -0.39 is 12.0 Å². The minimum Gasteiger partial charge on any atom is -0.463 e. The van der Waals surface area contributed by atoms with E-state index in [2.05, 4.69) is 26.6 Å². The second kappa shape index (κ2) is 6.09. The quantitative estimate of drug-likeness (QED) is 0.832. The molecule has 1 atom stereocenters. The van der Waals surface area contributed by atoms with Crippen molar-refractivity contribution in [2.45, 2.75) is 19.9 Å². The van der Waals surface area contributed by atoms with Crippen LogP contribution in [0, 0.1) is 0 Å². The number of esters is 1. The van der Waals surface area contributed by atoms with Gasteiger partial charge in [0.1, 0.15) is 0 Å². The number of benzene rings is 1. The van der Waals surface area contributed by atoms with Crippen molar-refractivity contribution in [3.8, 4) is 0 Å². The lowest BCUT2D eigenvalue weighted by atomic mass is 9.96. The van der Waals surface area contributed by atoms with Crippen LogP contribution in [0.4, 0.5) is 4.79 Å². The van der Waals surface area contributed by atoms with Crippen LogP contribution < -0.4 is 10.6 Å². The van der Waals surface area contributed by atoms with Gasteiger partial charge in [-0.1, -0.05) is 28.1 Å². The summed E-state index contributed by atoms with van der Waals surface area (Å²) in [4.78, 5) is 23.7. The number of ether oxygens (including phenoxy) is 1. The van der Waals surface area contributed by atoms with Crippen molar-refractivity contribution in [1.29, 1.82) is 0 Å². The zero-order valence-corrected chi connectivity index (χ0v) is 12.8. The van der Waals surface area contributed by atoms with Gasteiger partial charge in [-0.05, 0) is 31.5 Å². The van der Waals surface area contributed by atoms with Crippen LogP contribution in [0.25, 0.3) is 0 Å². The first-order valence-electron chi connectivity index (χ1n) is 6.23. The molecule has 2 rings (SSSR count). The fourth-order valence-corrected chi connectivity index (χ4v) is 2.53. The lowest BCUT2D eigenvalue weighted by molar-refractivity contribution is -0.139. The molecule has 0 aliphatic carbocycles. The van der Waals surface area contributed by atoms with Crippen molar-refractivity contribution in [3.63, 3.8) is 0 Å². The second-order valence-corrected chi connectivity index (χ2v) is 5.26. The second-order valence-electron chi connectivity index (χ2n) is 4.35. The van der Waals surface area contributed by atoms with Crippen LogP contribution in [-0.2, 0) is 9.53 Å². The Balaban J connectivity index is 2.44. The van der Waals surface area contributed by atoms with Gasteiger partial charge in [0.15, 0.2) is 0 Å². The van der Waals surface area contributed by atoms with Gasteiger partial charge in [-0.2, -0.15) is 0 Å².